The molecular weight excluding hydrogens is 370 g/mol. The van der Waals surface area contributed by atoms with Gasteiger partial charge in [-0.1, -0.05) is 0 Å². The van der Waals surface area contributed by atoms with Gasteiger partial charge in [0.15, 0.2) is 0 Å². The van der Waals surface area contributed by atoms with Crippen LogP contribution in [-0.2, 0) is 14.8 Å². The molecule has 0 spiro atoms. The largest absolute Gasteiger partial charge is 0.312 e. The molecule has 1 aliphatic heterocycles. The Labute approximate surface area is 157 Å². The van der Waals surface area contributed by atoms with Crippen molar-refractivity contribution in [2.24, 2.45) is 0 Å². The maximum absolute atomic E-state index is 12.5. The highest BCUT2D eigenvalue weighted by Crippen LogP contribution is 2.28. The van der Waals surface area contributed by atoms with Crippen LogP contribution in [0.1, 0.15) is 24.8 Å². The number of nitro groups is 1. The summed E-state index contributed by atoms with van der Waals surface area (Å²) in [6, 6.07) is 9.66. The highest BCUT2D eigenvalue weighted by molar-refractivity contribution is 7.92. The van der Waals surface area contributed by atoms with Gasteiger partial charge in [0.25, 0.3) is 15.7 Å². The first-order valence-corrected chi connectivity index (χ1v) is 9.94. The average molecular weight is 389 g/mol. The second kappa shape index (κ2) is 7.36. The van der Waals surface area contributed by atoms with Crippen LogP contribution in [0.4, 0.5) is 17.1 Å². The molecule has 0 aliphatic carbocycles. The van der Waals surface area contributed by atoms with E-state index in [1.165, 1.54) is 12.1 Å². The third-order valence-electron chi connectivity index (χ3n) is 4.42. The maximum Gasteiger partial charge on any atom is 0.269 e. The van der Waals surface area contributed by atoms with Crippen molar-refractivity contribution in [3.63, 3.8) is 0 Å². The molecule has 8 nitrogen and oxygen atoms in total. The maximum atomic E-state index is 12.5. The number of carbonyl (C=O) groups excluding carboxylic acids is 1. The highest BCUT2D eigenvalue weighted by Gasteiger charge is 2.22. The number of carbonyl (C=O) groups is 1. The van der Waals surface area contributed by atoms with Gasteiger partial charge in [0, 0.05) is 36.5 Å². The van der Waals surface area contributed by atoms with Crippen LogP contribution >= 0.6 is 0 Å². The van der Waals surface area contributed by atoms with Crippen LogP contribution in [0, 0.1) is 17.0 Å². The van der Waals surface area contributed by atoms with E-state index in [2.05, 4.69) is 4.72 Å². The molecule has 1 fully saturated rings. The third-order valence-corrected chi connectivity index (χ3v) is 5.82. The lowest BCUT2D eigenvalue weighted by molar-refractivity contribution is -0.384. The molecule has 0 unspecified atom stereocenters. The zero-order chi connectivity index (χ0) is 19.6. The van der Waals surface area contributed by atoms with Gasteiger partial charge in [0.1, 0.15) is 0 Å². The van der Waals surface area contributed by atoms with E-state index in [9.17, 15) is 23.3 Å². The Morgan fingerprint density at radius 3 is 2.41 bits per heavy atom. The molecule has 1 saturated heterocycles. The Kier molecular flexibility index (Phi) is 5.13. The van der Waals surface area contributed by atoms with Gasteiger partial charge in [0.05, 0.1) is 9.82 Å². The molecule has 1 aliphatic rings. The summed E-state index contributed by atoms with van der Waals surface area (Å²) in [6.45, 7) is 2.48. The molecule has 0 saturated carbocycles. The summed E-state index contributed by atoms with van der Waals surface area (Å²) in [5.74, 6) is 0.0727. The number of amides is 1. The standard InChI is InChI=1S/C18H19N3O5S/c1-13-12-14(5-10-17(13)20-11-3-2-4-18(20)22)19-27(25,26)16-8-6-15(7-9-16)21(23)24/h5-10,12,19H,2-4,11H2,1H3. The summed E-state index contributed by atoms with van der Waals surface area (Å²) < 4.78 is 27.4. The number of sulfonamides is 1. The molecule has 1 N–H and O–H groups in total. The smallest absolute Gasteiger partial charge is 0.269 e. The number of piperidine rings is 1. The van der Waals surface area contributed by atoms with Crippen LogP contribution in [0.3, 0.4) is 0 Å². The van der Waals surface area contributed by atoms with Crippen molar-refractivity contribution in [2.75, 3.05) is 16.2 Å². The van der Waals surface area contributed by atoms with E-state index in [0.29, 0.717) is 18.7 Å². The summed E-state index contributed by atoms with van der Waals surface area (Å²) in [5.41, 5.74) is 1.74. The Hall–Kier alpha value is -2.94. The van der Waals surface area contributed by atoms with Crippen LogP contribution < -0.4 is 9.62 Å². The summed E-state index contributed by atoms with van der Waals surface area (Å²) >= 11 is 0. The molecule has 0 radical (unpaired) electrons. The van der Waals surface area contributed by atoms with Gasteiger partial charge in [-0.3, -0.25) is 19.6 Å². The highest BCUT2D eigenvalue weighted by atomic mass is 32.2. The molecule has 0 bridgehead atoms. The third kappa shape index (κ3) is 4.08. The molecule has 1 amide bonds. The van der Waals surface area contributed by atoms with E-state index in [-0.39, 0.29) is 16.5 Å². The Bertz CT molecular complexity index is 987. The van der Waals surface area contributed by atoms with Crippen LogP contribution in [0.25, 0.3) is 0 Å². The van der Waals surface area contributed by atoms with Gasteiger partial charge in [-0.15, -0.1) is 0 Å². The normalized spacial score (nSPS) is 14.9. The van der Waals surface area contributed by atoms with Crippen molar-refractivity contribution in [1.29, 1.82) is 0 Å². The van der Waals surface area contributed by atoms with Crippen LogP contribution in [0.5, 0.6) is 0 Å². The lowest BCUT2D eigenvalue weighted by Crippen LogP contribution is -2.35. The van der Waals surface area contributed by atoms with Crippen molar-refractivity contribution < 1.29 is 18.1 Å². The van der Waals surface area contributed by atoms with Crippen molar-refractivity contribution in [1.82, 2.24) is 0 Å². The lowest BCUT2D eigenvalue weighted by Gasteiger charge is -2.28. The van der Waals surface area contributed by atoms with Crippen molar-refractivity contribution >= 4 is 33.0 Å². The molecule has 1 heterocycles. The number of hydrogen-bond acceptors (Lipinski definition) is 5. The second-order valence-electron chi connectivity index (χ2n) is 6.36. The fraction of sp³-hybridized carbons (Fsp3) is 0.278. The van der Waals surface area contributed by atoms with Gasteiger partial charge in [0.2, 0.25) is 5.91 Å². The first-order valence-electron chi connectivity index (χ1n) is 8.46. The van der Waals surface area contributed by atoms with Gasteiger partial charge >= 0.3 is 0 Å². The number of rotatable bonds is 5. The van der Waals surface area contributed by atoms with Crippen molar-refractivity contribution in [3.05, 3.63) is 58.1 Å². The lowest BCUT2D eigenvalue weighted by atomic mass is 10.1. The van der Waals surface area contributed by atoms with Gasteiger partial charge in [-0.2, -0.15) is 0 Å². The molecule has 0 aromatic heterocycles. The zero-order valence-electron chi connectivity index (χ0n) is 14.7. The van der Waals surface area contributed by atoms with E-state index in [0.717, 1.165) is 36.2 Å². The van der Waals surface area contributed by atoms with Gasteiger partial charge in [-0.25, -0.2) is 8.42 Å². The van der Waals surface area contributed by atoms with Crippen LogP contribution in [-0.4, -0.2) is 25.8 Å². The topological polar surface area (TPSA) is 110 Å². The Morgan fingerprint density at radius 2 is 1.81 bits per heavy atom. The first-order chi connectivity index (χ1) is 12.8. The monoisotopic (exact) mass is 389 g/mol. The number of benzene rings is 2. The molecule has 9 heteroatoms. The van der Waals surface area contributed by atoms with Crippen LogP contribution in [0.2, 0.25) is 0 Å². The van der Waals surface area contributed by atoms with Gasteiger partial charge < -0.3 is 4.90 Å². The van der Waals surface area contributed by atoms with Crippen molar-refractivity contribution in [3.8, 4) is 0 Å². The fourth-order valence-corrected chi connectivity index (χ4v) is 4.09. The number of anilines is 2. The quantitative estimate of drug-likeness (QED) is 0.624. The minimum Gasteiger partial charge on any atom is -0.312 e. The molecule has 3 rings (SSSR count). The molecule has 27 heavy (non-hydrogen) atoms. The number of non-ortho nitro benzene ring substituents is 1. The number of nitro benzene ring substituents is 1. The van der Waals surface area contributed by atoms with E-state index in [1.807, 2.05) is 6.92 Å². The Morgan fingerprint density at radius 1 is 1.11 bits per heavy atom. The first kappa shape index (κ1) is 18.8. The zero-order valence-corrected chi connectivity index (χ0v) is 15.5. The summed E-state index contributed by atoms with van der Waals surface area (Å²) in [5, 5.41) is 10.7. The number of nitrogens with zero attached hydrogens (tertiary/aromatic N) is 2. The summed E-state index contributed by atoms with van der Waals surface area (Å²) in [4.78, 5) is 23.8. The molecule has 142 valence electrons. The minimum absolute atomic E-state index is 0.0685. The number of aryl methyl sites for hydroxylation is 1. The molecular formula is C18H19N3O5S. The molecule has 2 aromatic carbocycles. The minimum atomic E-state index is -3.87. The van der Waals surface area contributed by atoms with E-state index >= 15 is 0 Å². The number of nitrogens with one attached hydrogen (secondary N) is 1. The van der Waals surface area contributed by atoms with Crippen molar-refractivity contribution in [2.45, 2.75) is 31.1 Å². The summed E-state index contributed by atoms with van der Waals surface area (Å²) in [6.07, 6.45) is 2.36. The van der Waals surface area contributed by atoms with E-state index < -0.39 is 14.9 Å². The Balaban J connectivity index is 1.81. The van der Waals surface area contributed by atoms with Crippen LogP contribution in [0.15, 0.2) is 47.4 Å². The predicted molar refractivity (Wildman–Crippen MR) is 101 cm³/mol. The number of hydrogen-bond donors (Lipinski definition) is 1. The predicted octanol–water partition coefficient (Wildman–Crippen LogP) is 3.22. The second-order valence-corrected chi connectivity index (χ2v) is 8.04. The summed E-state index contributed by atoms with van der Waals surface area (Å²) in [7, 11) is -3.87. The van der Waals surface area contributed by atoms with Gasteiger partial charge in [-0.05, 0) is 55.7 Å². The van der Waals surface area contributed by atoms with E-state index in [1.54, 1.807) is 23.1 Å². The average Bonchev–Trinajstić information content (AvgIpc) is 2.62. The SMILES string of the molecule is Cc1cc(NS(=O)(=O)c2ccc([N+](=O)[O-])cc2)ccc1N1CCCCC1=O. The molecule has 2 aromatic rings. The molecule has 0 atom stereocenters. The van der Waals surface area contributed by atoms with E-state index in [4.69, 9.17) is 0 Å². The fourth-order valence-electron chi connectivity index (χ4n) is 3.04.